The van der Waals surface area contributed by atoms with Crippen molar-refractivity contribution in [3.05, 3.63) is 23.8 Å². The van der Waals surface area contributed by atoms with E-state index in [0.717, 1.165) is 37.1 Å². The molecule has 1 aromatic rings. The average Bonchev–Trinajstić information content (AvgIpc) is 3.06. The molecule has 0 radical (unpaired) electrons. The van der Waals surface area contributed by atoms with Crippen LogP contribution in [0.1, 0.15) is 30.9 Å². The van der Waals surface area contributed by atoms with Gasteiger partial charge < -0.3 is 25.0 Å². The molecule has 3 rings (SSSR count). The highest BCUT2D eigenvalue weighted by Crippen LogP contribution is 2.34. The number of fused-ring (bicyclic) bond motifs is 1. The molecule has 1 aliphatic heterocycles. The lowest BCUT2D eigenvalue weighted by Gasteiger charge is -2.15. The molecule has 5 nitrogen and oxygen atoms in total. The summed E-state index contributed by atoms with van der Waals surface area (Å²) in [6.07, 6.45) is 2.13. The van der Waals surface area contributed by atoms with Crippen molar-refractivity contribution >= 4 is 0 Å². The summed E-state index contributed by atoms with van der Waals surface area (Å²) >= 11 is 0. The van der Waals surface area contributed by atoms with Crippen LogP contribution in [0.5, 0.6) is 11.5 Å². The maximum Gasteiger partial charge on any atom is 0.231 e. The number of rotatable bonds is 5. The Labute approximate surface area is 118 Å². The van der Waals surface area contributed by atoms with E-state index in [4.69, 9.17) is 9.47 Å². The summed E-state index contributed by atoms with van der Waals surface area (Å²) in [6, 6.07) is 5.52. The fourth-order valence-electron chi connectivity index (χ4n) is 2.90. The Morgan fingerprint density at radius 3 is 2.90 bits per heavy atom. The van der Waals surface area contributed by atoms with Gasteiger partial charge in [-0.3, -0.25) is 0 Å². The van der Waals surface area contributed by atoms with E-state index in [0.29, 0.717) is 18.2 Å². The van der Waals surface area contributed by atoms with Crippen LogP contribution >= 0.6 is 0 Å². The van der Waals surface area contributed by atoms with Crippen LogP contribution in [0.4, 0.5) is 0 Å². The second-order valence-corrected chi connectivity index (χ2v) is 5.62. The third-order valence-electron chi connectivity index (χ3n) is 4.07. The predicted octanol–water partition coefficient (Wildman–Crippen LogP) is 1.20. The third kappa shape index (κ3) is 3.06. The first kappa shape index (κ1) is 13.7. The second-order valence-electron chi connectivity index (χ2n) is 5.62. The topological polar surface area (TPSA) is 71.0 Å². The van der Waals surface area contributed by atoms with E-state index in [1.54, 1.807) is 0 Å². The molecule has 20 heavy (non-hydrogen) atoms. The van der Waals surface area contributed by atoms with Crippen LogP contribution in [0.3, 0.4) is 0 Å². The Balaban J connectivity index is 1.48. The molecule has 1 saturated carbocycles. The Hall–Kier alpha value is -1.30. The van der Waals surface area contributed by atoms with Gasteiger partial charge in [0.2, 0.25) is 6.79 Å². The van der Waals surface area contributed by atoms with E-state index >= 15 is 0 Å². The van der Waals surface area contributed by atoms with Crippen LogP contribution in [-0.2, 0) is 0 Å². The Morgan fingerprint density at radius 2 is 2.10 bits per heavy atom. The molecule has 2 aliphatic rings. The normalized spacial score (nSPS) is 25.9. The lowest BCUT2D eigenvalue weighted by atomic mass is 10.1. The molecule has 5 heteroatoms. The predicted molar refractivity (Wildman–Crippen MR) is 73.7 cm³/mol. The minimum Gasteiger partial charge on any atom is -0.454 e. The fraction of sp³-hybridized carbons (Fsp3) is 0.600. The zero-order valence-corrected chi connectivity index (χ0v) is 11.4. The quantitative estimate of drug-likeness (QED) is 0.755. The molecule has 1 aromatic carbocycles. The highest BCUT2D eigenvalue weighted by atomic mass is 16.7. The van der Waals surface area contributed by atoms with Gasteiger partial charge in [0.1, 0.15) is 0 Å². The molecule has 3 unspecified atom stereocenters. The molecular formula is C15H21NO4. The summed E-state index contributed by atoms with van der Waals surface area (Å²) in [4.78, 5) is 0. The molecular weight excluding hydrogens is 258 g/mol. The summed E-state index contributed by atoms with van der Waals surface area (Å²) in [5, 5.41) is 22.9. The van der Waals surface area contributed by atoms with Crippen LogP contribution in [0, 0.1) is 5.92 Å². The first-order chi connectivity index (χ1) is 9.72. The van der Waals surface area contributed by atoms with Gasteiger partial charge in [0, 0.05) is 6.54 Å². The minimum atomic E-state index is -0.559. The molecule has 0 saturated heterocycles. The van der Waals surface area contributed by atoms with E-state index < -0.39 is 6.10 Å². The van der Waals surface area contributed by atoms with Gasteiger partial charge in [-0.05, 0) is 49.4 Å². The van der Waals surface area contributed by atoms with E-state index in [1.807, 2.05) is 18.2 Å². The molecule has 110 valence electrons. The van der Waals surface area contributed by atoms with Crippen molar-refractivity contribution in [3.8, 4) is 11.5 Å². The zero-order valence-electron chi connectivity index (χ0n) is 11.4. The van der Waals surface area contributed by atoms with E-state index in [2.05, 4.69) is 5.32 Å². The standard InChI is InChI=1S/C15H21NO4/c17-12-3-1-10(5-12)7-16-8-13(18)11-2-4-14-15(6-11)20-9-19-14/h2,4,6,10,12-13,16-18H,1,3,5,7-9H2. The molecule has 3 N–H and O–H groups in total. The first-order valence-electron chi connectivity index (χ1n) is 7.19. The summed E-state index contributed by atoms with van der Waals surface area (Å²) in [5.41, 5.74) is 0.827. The lowest BCUT2D eigenvalue weighted by molar-refractivity contribution is 0.166. The molecule has 0 bridgehead atoms. The SMILES string of the molecule is OC1CCC(CNCC(O)c2ccc3c(c2)OCO3)C1. The number of aliphatic hydroxyl groups excluding tert-OH is 2. The maximum atomic E-state index is 10.2. The summed E-state index contributed by atoms with van der Waals surface area (Å²) in [7, 11) is 0. The van der Waals surface area contributed by atoms with E-state index in [1.165, 1.54) is 0 Å². The Bertz CT molecular complexity index is 465. The van der Waals surface area contributed by atoms with Crippen molar-refractivity contribution in [1.29, 1.82) is 0 Å². The number of ether oxygens (including phenoxy) is 2. The van der Waals surface area contributed by atoms with Gasteiger partial charge in [-0.15, -0.1) is 0 Å². The number of hydrogen-bond donors (Lipinski definition) is 3. The number of hydrogen-bond acceptors (Lipinski definition) is 5. The van der Waals surface area contributed by atoms with Gasteiger partial charge in [-0.25, -0.2) is 0 Å². The first-order valence-corrected chi connectivity index (χ1v) is 7.19. The number of benzene rings is 1. The third-order valence-corrected chi connectivity index (χ3v) is 4.07. The summed E-state index contributed by atoms with van der Waals surface area (Å²) < 4.78 is 10.6. The van der Waals surface area contributed by atoms with Gasteiger partial charge in [0.15, 0.2) is 11.5 Å². The molecule has 3 atom stereocenters. The highest BCUT2D eigenvalue weighted by Gasteiger charge is 2.22. The largest absolute Gasteiger partial charge is 0.454 e. The smallest absolute Gasteiger partial charge is 0.231 e. The minimum absolute atomic E-state index is 0.138. The van der Waals surface area contributed by atoms with Crippen molar-refractivity contribution in [2.24, 2.45) is 5.92 Å². The Kier molecular flexibility index (Phi) is 4.10. The van der Waals surface area contributed by atoms with Gasteiger partial charge in [0.25, 0.3) is 0 Å². The zero-order chi connectivity index (χ0) is 13.9. The van der Waals surface area contributed by atoms with Gasteiger partial charge in [-0.1, -0.05) is 6.07 Å². The van der Waals surface area contributed by atoms with Gasteiger partial charge >= 0.3 is 0 Å². The maximum absolute atomic E-state index is 10.2. The van der Waals surface area contributed by atoms with Crippen molar-refractivity contribution in [1.82, 2.24) is 5.32 Å². The van der Waals surface area contributed by atoms with Crippen LogP contribution in [0.15, 0.2) is 18.2 Å². The number of nitrogens with one attached hydrogen (secondary N) is 1. The molecule has 0 aromatic heterocycles. The van der Waals surface area contributed by atoms with E-state index in [-0.39, 0.29) is 12.9 Å². The van der Waals surface area contributed by atoms with Crippen molar-refractivity contribution < 1.29 is 19.7 Å². The number of aliphatic hydroxyl groups is 2. The fourth-order valence-corrected chi connectivity index (χ4v) is 2.90. The second kappa shape index (κ2) is 5.99. The monoisotopic (exact) mass is 279 g/mol. The molecule has 1 heterocycles. The van der Waals surface area contributed by atoms with Crippen LogP contribution in [0.2, 0.25) is 0 Å². The van der Waals surface area contributed by atoms with Gasteiger partial charge in [0.05, 0.1) is 12.2 Å². The van der Waals surface area contributed by atoms with Crippen molar-refractivity contribution in [3.63, 3.8) is 0 Å². The Morgan fingerprint density at radius 1 is 1.25 bits per heavy atom. The molecule has 0 amide bonds. The molecule has 1 aliphatic carbocycles. The lowest BCUT2D eigenvalue weighted by Crippen LogP contribution is -2.26. The molecule has 1 fully saturated rings. The average molecular weight is 279 g/mol. The van der Waals surface area contributed by atoms with Crippen molar-refractivity contribution in [2.45, 2.75) is 31.5 Å². The van der Waals surface area contributed by atoms with Crippen molar-refractivity contribution in [2.75, 3.05) is 19.9 Å². The van der Waals surface area contributed by atoms with E-state index in [9.17, 15) is 10.2 Å². The van der Waals surface area contributed by atoms with Crippen LogP contribution < -0.4 is 14.8 Å². The van der Waals surface area contributed by atoms with Crippen LogP contribution in [0.25, 0.3) is 0 Å². The van der Waals surface area contributed by atoms with Crippen LogP contribution in [-0.4, -0.2) is 36.2 Å². The summed E-state index contributed by atoms with van der Waals surface area (Å²) in [5.74, 6) is 1.95. The highest BCUT2D eigenvalue weighted by molar-refractivity contribution is 5.45. The molecule has 0 spiro atoms. The summed E-state index contributed by atoms with van der Waals surface area (Å²) in [6.45, 7) is 1.60. The van der Waals surface area contributed by atoms with Gasteiger partial charge in [-0.2, -0.15) is 0 Å².